The first-order valence-corrected chi connectivity index (χ1v) is 5.91. The fourth-order valence-electron chi connectivity index (χ4n) is 2.33. The van der Waals surface area contributed by atoms with Gasteiger partial charge in [-0.2, -0.15) is 0 Å². The van der Waals surface area contributed by atoms with Gasteiger partial charge in [-0.3, -0.25) is 0 Å². The van der Waals surface area contributed by atoms with Gasteiger partial charge in [0.25, 0.3) is 0 Å². The van der Waals surface area contributed by atoms with E-state index in [1.54, 1.807) is 6.07 Å². The average Bonchev–Trinajstić information content (AvgIpc) is 2.86. The summed E-state index contributed by atoms with van der Waals surface area (Å²) in [6.07, 6.45) is 5.99. The molecule has 6 heteroatoms. The molecule has 1 aliphatic rings. The second-order valence-corrected chi connectivity index (χ2v) is 4.65. The monoisotopic (exact) mass is 237 g/mol. The minimum absolute atomic E-state index is 0.0151. The van der Waals surface area contributed by atoms with Gasteiger partial charge in [0, 0.05) is 18.0 Å². The first kappa shape index (κ1) is 12.1. The maximum absolute atomic E-state index is 9.49. The fourth-order valence-corrected chi connectivity index (χ4v) is 2.33. The quantitative estimate of drug-likeness (QED) is 0.445. The van der Waals surface area contributed by atoms with Crippen molar-refractivity contribution in [3.8, 4) is 0 Å². The molecular weight excluding hydrogens is 218 g/mol. The second-order valence-electron chi connectivity index (χ2n) is 4.65. The van der Waals surface area contributed by atoms with E-state index >= 15 is 0 Å². The van der Waals surface area contributed by atoms with Crippen molar-refractivity contribution in [3.63, 3.8) is 0 Å². The van der Waals surface area contributed by atoms with Crippen molar-refractivity contribution < 1.29 is 5.11 Å². The molecule has 0 radical (unpaired) electrons. The van der Waals surface area contributed by atoms with Crippen molar-refractivity contribution in [2.45, 2.75) is 25.7 Å². The van der Waals surface area contributed by atoms with Crippen molar-refractivity contribution in [1.29, 1.82) is 0 Å². The van der Waals surface area contributed by atoms with Crippen LogP contribution in [0.3, 0.4) is 0 Å². The molecule has 0 aromatic carbocycles. The summed E-state index contributed by atoms with van der Waals surface area (Å²) in [7, 11) is 0. The zero-order chi connectivity index (χ0) is 12.1. The molecule has 94 valence electrons. The number of aliphatic hydroxyl groups excluding tert-OH is 1. The second kappa shape index (κ2) is 5.29. The highest BCUT2D eigenvalue weighted by Gasteiger charge is 2.32. The number of hydrogen-bond donors (Lipinski definition) is 4. The number of nitrogens with two attached hydrogens (primary N) is 1. The molecule has 0 spiro atoms. The van der Waals surface area contributed by atoms with E-state index in [0.29, 0.717) is 5.82 Å². The number of aromatic nitrogens is 2. The molecule has 1 heterocycles. The topological polar surface area (TPSA) is 96.1 Å². The van der Waals surface area contributed by atoms with Gasteiger partial charge in [0.1, 0.15) is 18.0 Å². The van der Waals surface area contributed by atoms with Crippen LogP contribution < -0.4 is 16.6 Å². The van der Waals surface area contributed by atoms with Crippen LogP contribution in [0, 0.1) is 5.41 Å². The average molecular weight is 237 g/mol. The number of anilines is 2. The molecule has 1 aliphatic carbocycles. The van der Waals surface area contributed by atoms with Crippen LogP contribution >= 0.6 is 0 Å². The molecule has 0 unspecified atom stereocenters. The summed E-state index contributed by atoms with van der Waals surface area (Å²) in [5, 5.41) is 12.7. The molecule has 0 atom stereocenters. The third-order valence-corrected chi connectivity index (χ3v) is 3.46. The van der Waals surface area contributed by atoms with Gasteiger partial charge < -0.3 is 15.8 Å². The highest BCUT2D eigenvalue weighted by Crippen LogP contribution is 2.37. The zero-order valence-corrected chi connectivity index (χ0v) is 9.82. The molecule has 0 aliphatic heterocycles. The van der Waals surface area contributed by atoms with Gasteiger partial charge >= 0.3 is 0 Å². The number of hydrogen-bond acceptors (Lipinski definition) is 6. The smallest absolute Gasteiger partial charge is 0.145 e. The molecule has 2 rings (SSSR count). The highest BCUT2D eigenvalue weighted by atomic mass is 16.3. The Hall–Kier alpha value is -1.40. The van der Waals surface area contributed by atoms with Gasteiger partial charge in [-0.25, -0.2) is 15.8 Å². The summed E-state index contributed by atoms with van der Waals surface area (Å²) in [5.41, 5.74) is 2.49. The highest BCUT2D eigenvalue weighted by molar-refractivity contribution is 5.45. The van der Waals surface area contributed by atoms with Crippen molar-refractivity contribution in [1.82, 2.24) is 9.97 Å². The van der Waals surface area contributed by atoms with E-state index in [1.807, 2.05) is 0 Å². The van der Waals surface area contributed by atoms with Crippen molar-refractivity contribution in [2.24, 2.45) is 11.3 Å². The standard InChI is InChI=1S/C11H19N5O/c12-16-10-5-9(14-8-15-10)13-6-11(7-17)3-1-2-4-11/h5,8,17H,1-4,6-7,12H2,(H2,13,14,15,16). The molecule has 5 N–H and O–H groups in total. The predicted octanol–water partition coefficient (Wildman–Crippen LogP) is 0.727. The van der Waals surface area contributed by atoms with Gasteiger partial charge in [0.05, 0.1) is 6.61 Å². The molecule has 0 amide bonds. The SMILES string of the molecule is NNc1cc(NCC2(CO)CCCC2)ncn1. The molecule has 17 heavy (non-hydrogen) atoms. The van der Waals surface area contributed by atoms with Crippen molar-refractivity contribution in [3.05, 3.63) is 12.4 Å². The van der Waals surface area contributed by atoms with Crippen LogP contribution in [0.4, 0.5) is 11.6 Å². The molecule has 1 saturated carbocycles. The number of hydrazine groups is 1. The van der Waals surface area contributed by atoms with E-state index in [1.165, 1.54) is 19.2 Å². The summed E-state index contributed by atoms with van der Waals surface area (Å²) >= 11 is 0. The van der Waals surface area contributed by atoms with E-state index in [0.717, 1.165) is 25.2 Å². The summed E-state index contributed by atoms with van der Waals surface area (Å²) in [5.74, 6) is 6.59. The Balaban J connectivity index is 1.96. The van der Waals surface area contributed by atoms with E-state index in [2.05, 4.69) is 20.7 Å². The number of nitrogens with one attached hydrogen (secondary N) is 2. The Kier molecular flexibility index (Phi) is 3.75. The van der Waals surface area contributed by atoms with Crippen LogP contribution in [0.25, 0.3) is 0 Å². The van der Waals surface area contributed by atoms with Crippen molar-refractivity contribution in [2.75, 3.05) is 23.9 Å². The normalized spacial score (nSPS) is 18.0. The number of nitrogens with zero attached hydrogens (tertiary/aromatic N) is 2. The van der Waals surface area contributed by atoms with Gasteiger partial charge in [-0.15, -0.1) is 0 Å². The Morgan fingerprint density at radius 3 is 2.65 bits per heavy atom. The maximum Gasteiger partial charge on any atom is 0.145 e. The first-order valence-electron chi connectivity index (χ1n) is 5.91. The van der Waals surface area contributed by atoms with Gasteiger partial charge in [-0.1, -0.05) is 12.8 Å². The minimum atomic E-state index is 0.0151. The van der Waals surface area contributed by atoms with Crippen LogP contribution in [0.2, 0.25) is 0 Å². The van der Waals surface area contributed by atoms with E-state index in [9.17, 15) is 5.11 Å². The summed E-state index contributed by atoms with van der Waals surface area (Å²) in [6.45, 7) is 0.970. The van der Waals surface area contributed by atoms with Crippen LogP contribution in [0.15, 0.2) is 12.4 Å². The number of aliphatic hydroxyl groups is 1. The fraction of sp³-hybridized carbons (Fsp3) is 0.636. The molecule has 1 aromatic heterocycles. The Bertz CT molecular complexity index is 365. The molecule has 1 aromatic rings. The predicted molar refractivity (Wildman–Crippen MR) is 66.3 cm³/mol. The summed E-state index contributed by atoms with van der Waals surface area (Å²) in [4.78, 5) is 8.05. The Morgan fingerprint density at radius 2 is 2.00 bits per heavy atom. The number of nitrogen functional groups attached to an aromatic ring is 1. The van der Waals surface area contributed by atoms with Crippen LogP contribution in [0.5, 0.6) is 0 Å². The summed E-state index contributed by atoms with van der Waals surface area (Å²) in [6, 6.07) is 1.75. The third kappa shape index (κ3) is 2.83. The zero-order valence-electron chi connectivity index (χ0n) is 9.82. The lowest BCUT2D eigenvalue weighted by atomic mass is 9.87. The molecule has 0 bridgehead atoms. The third-order valence-electron chi connectivity index (χ3n) is 3.46. The minimum Gasteiger partial charge on any atom is -0.396 e. The lowest BCUT2D eigenvalue weighted by Gasteiger charge is -2.26. The molecular formula is C11H19N5O. The maximum atomic E-state index is 9.49. The lowest BCUT2D eigenvalue weighted by Crippen LogP contribution is -2.30. The summed E-state index contributed by atoms with van der Waals surface area (Å²) < 4.78 is 0. The lowest BCUT2D eigenvalue weighted by molar-refractivity contribution is 0.142. The van der Waals surface area contributed by atoms with Gasteiger partial charge in [0.2, 0.25) is 0 Å². The Morgan fingerprint density at radius 1 is 1.29 bits per heavy atom. The number of rotatable bonds is 5. The van der Waals surface area contributed by atoms with E-state index < -0.39 is 0 Å². The van der Waals surface area contributed by atoms with Crippen LogP contribution in [-0.2, 0) is 0 Å². The molecule has 0 saturated heterocycles. The van der Waals surface area contributed by atoms with E-state index in [4.69, 9.17) is 5.84 Å². The van der Waals surface area contributed by atoms with E-state index in [-0.39, 0.29) is 12.0 Å². The molecule has 6 nitrogen and oxygen atoms in total. The van der Waals surface area contributed by atoms with Gasteiger partial charge in [-0.05, 0) is 12.8 Å². The molecule has 1 fully saturated rings. The Labute approximate surface area is 101 Å². The van der Waals surface area contributed by atoms with Crippen LogP contribution in [-0.4, -0.2) is 28.2 Å². The largest absolute Gasteiger partial charge is 0.396 e. The van der Waals surface area contributed by atoms with Crippen molar-refractivity contribution >= 4 is 11.6 Å². The van der Waals surface area contributed by atoms with Crippen LogP contribution in [0.1, 0.15) is 25.7 Å². The first-order chi connectivity index (χ1) is 8.28. The van der Waals surface area contributed by atoms with Gasteiger partial charge in [0.15, 0.2) is 0 Å².